The number of fused-ring (bicyclic) bond motifs is 1. The first-order valence-corrected chi connectivity index (χ1v) is 9.17. The summed E-state index contributed by atoms with van der Waals surface area (Å²) in [6.45, 7) is 2.04. The number of hydrogen-bond acceptors (Lipinski definition) is 4. The highest BCUT2D eigenvalue weighted by Gasteiger charge is 2.26. The van der Waals surface area contributed by atoms with E-state index in [4.69, 9.17) is 4.98 Å². The third-order valence-corrected chi connectivity index (χ3v) is 5.06. The largest absolute Gasteiger partial charge is 0.341 e. The second kappa shape index (κ2) is 7.18. The topological polar surface area (TPSA) is 46.1 Å². The van der Waals surface area contributed by atoms with Crippen molar-refractivity contribution in [1.29, 1.82) is 0 Å². The van der Waals surface area contributed by atoms with Crippen molar-refractivity contribution in [1.82, 2.24) is 9.97 Å². The summed E-state index contributed by atoms with van der Waals surface area (Å²) >= 11 is 0. The van der Waals surface area contributed by atoms with Crippen molar-refractivity contribution in [3.63, 3.8) is 0 Å². The van der Waals surface area contributed by atoms with Crippen molar-refractivity contribution in [3.05, 3.63) is 59.4 Å². The minimum atomic E-state index is 0.161. The molecule has 1 fully saturated rings. The van der Waals surface area contributed by atoms with Gasteiger partial charge in [0.1, 0.15) is 0 Å². The first kappa shape index (κ1) is 16.0. The molecule has 0 saturated carbocycles. The Morgan fingerprint density at radius 3 is 2.64 bits per heavy atom. The van der Waals surface area contributed by atoms with Crippen LogP contribution in [-0.4, -0.2) is 28.8 Å². The van der Waals surface area contributed by atoms with Gasteiger partial charge in [-0.05, 0) is 37.2 Å². The number of ketones is 1. The maximum atomic E-state index is 12.5. The highest BCUT2D eigenvalue weighted by atomic mass is 16.1. The zero-order chi connectivity index (χ0) is 17.1. The Bertz CT molecular complexity index is 779. The van der Waals surface area contributed by atoms with Gasteiger partial charge in [0, 0.05) is 25.7 Å². The summed E-state index contributed by atoms with van der Waals surface area (Å²) in [4.78, 5) is 23.9. The Morgan fingerprint density at radius 2 is 1.84 bits per heavy atom. The Labute approximate surface area is 148 Å². The van der Waals surface area contributed by atoms with E-state index >= 15 is 0 Å². The summed E-state index contributed by atoms with van der Waals surface area (Å²) in [6.07, 6.45) is 11.0. The summed E-state index contributed by atoms with van der Waals surface area (Å²) in [5, 5.41) is 0. The van der Waals surface area contributed by atoms with Crippen molar-refractivity contribution >= 4 is 17.8 Å². The number of allylic oxidation sites excluding steroid dienone is 1. The number of rotatable bonds is 3. The first-order chi connectivity index (χ1) is 12.3. The van der Waals surface area contributed by atoms with Gasteiger partial charge in [0.15, 0.2) is 5.78 Å². The molecular formula is C21H23N3O. The molecule has 2 heterocycles. The molecule has 0 amide bonds. The number of hydrogen-bond donors (Lipinski definition) is 0. The molecule has 2 aromatic rings. The highest BCUT2D eigenvalue weighted by Crippen LogP contribution is 2.27. The molecule has 1 aliphatic carbocycles. The number of benzene rings is 1. The van der Waals surface area contributed by atoms with Crippen LogP contribution in [0.5, 0.6) is 0 Å². The van der Waals surface area contributed by atoms with Gasteiger partial charge >= 0.3 is 0 Å². The van der Waals surface area contributed by atoms with Crippen LogP contribution in [0.15, 0.2) is 42.6 Å². The van der Waals surface area contributed by atoms with E-state index in [1.54, 1.807) is 6.20 Å². The third-order valence-electron chi connectivity index (χ3n) is 5.06. The summed E-state index contributed by atoms with van der Waals surface area (Å²) in [5.74, 6) is 1.16. The number of Topliss-reactive ketones (excluding diaryl/α,β-unsaturated/α-hetero) is 1. The van der Waals surface area contributed by atoms with E-state index in [-0.39, 0.29) is 11.7 Å². The maximum absolute atomic E-state index is 12.5. The molecule has 4 heteroatoms. The van der Waals surface area contributed by atoms with E-state index in [0.29, 0.717) is 12.0 Å². The van der Waals surface area contributed by atoms with E-state index < -0.39 is 0 Å². The van der Waals surface area contributed by atoms with Gasteiger partial charge in [0.25, 0.3) is 0 Å². The average molecular weight is 333 g/mol. The third kappa shape index (κ3) is 3.63. The number of carbonyl (C=O) groups is 1. The zero-order valence-corrected chi connectivity index (χ0v) is 14.4. The molecule has 1 saturated heterocycles. The van der Waals surface area contributed by atoms with Crippen molar-refractivity contribution in [2.75, 3.05) is 18.0 Å². The summed E-state index contributed by atoms with van der Waals surface area (Å²) in [5.41, 5.74) is 2.79. The van der Waals surface area contributed by atoms with E-state index in [0.717, 1.165) is 36.7 Å². The smallest absolute Gasteiger partial charge is 0.225 e. The SMILES string of the molecule is O=C1CC(/C=C/c2ccccc2)Cc2nc(N3CCCCC3)ncc21. The molecule has 128 valence electrons. The van der Waals surface area contributed by atoms with Gasteiger partial charge in [-0.1, -0.05) is 42.5 Å². The fourth-order valence-electron chi connectivity index (χ4n) is 3.66. The van der Waals surface area contributed by atoms with Gasteiger partial charge in [-0.15, -0.1) is 0 Å². The van der Waals surface area contributed by atoms with Gasteiger partial charge in [-0.2, -0.15) is 0 Å². The van der Waals surface area contributed by atoms with Crippen molar-refractivity contribution < 1.29 is 4.79 Å². The van der Waals surface area contributed by atoms with E-state index in [9.17, 15) is 4.79 Å². The molecule has 0 bridgehead atoms. The summed E-state index contributed by atoms with van der Waals surface area (Å²) in [6, 6.07) is 10.2. The van der Waals surface area contributed by atoms with E-state index in [1.807, 2.05) is 18.2 Å². The molecule has 0 radical (unpaired) electrons. The molecule has 1 aromatic heterocycles. The zero-order valence-electron chi connectivity index (χ0n) is 14.4. The molecule has 1 atom stereocenters. The van der Waals surface area contributed by atoms with Crippen LogP contribution in [0.4, 0.5) is 5.95 Å². The first-order valence-electron chi connectivity index (χ1n) is 9.17. The molecule has 0 N–H and O–H groups in total. The van der Waals surface area contributed by atoms with Crippen LogP contribution < -0.4 is 4.90 Å². The Morgan fingerprint density at radius 1 is 1.04 bits per heavy atom. The van der Waals surface area contributed by atoms with E-state index in [2.05, 4.69) is 34.2 Å². The van der Waals surface area contributed by atoms with Gasteiger partial charge in [0.05, 0.1) is 11.3 Å². The fourth-order valence-corrected chi connectivity index (χ4v) is 3.66. The molecular weight excluding hydrogens is 310 g/mol. The molecule has 4 rings (SSSR count). The lowest BCUT2D eigenvalue weighted by Crippen LogP contribution is -2.32. The second-order valence-electron chi connectivity index (χ2n) is 6.94. The monoisotopic (exact) mass is 333 g/mol. The molecule has 1 unspecified atom stereocenters. The Balaban J connectivity index is 1.54. The normalized spacial score (nSPS) is 20.7. The number of carbonyl (C=O) groups excluding carboxylic acids is 1. The van der Waals surface area contributed by atoms with Gasteiger partial charge in [0.2, 0.25) is 5.95 Å². The molecule has 1 aromatic carbocycles. The fraction of sp³-hybridized carbons (Fsp3) is 0.381. The number of piperidine rings is 1. The molecule has 0 spiro atoms. The predicted octanol–water partition coefficient (Wildman–Crippen LogP) is 3.93. The summed E-state index contributed by atoms with van der Waals surface area (Å²) in [7, 11) is 0. The van der Waals surface area contributed by atoms with Gasteiger partial charge < -0.3 is 4.90 Å². The minimum Gasteiger partial charge on any atom is -0.341 e. The van der Waals surface area contributed by atoms with E-state index in [1.165, 1.54) is 19.3 Å². The van der Waals surface area contributed by atoms with Crippen LogP contribution in [0.2, 0.25) is 0 Å². The molecule has 2 aliphatic rings. The van der Waals surface area contributed by atoms with Crippen molar-refractivity contribution in [2.24, 2.45) is 5.92 Å². The van der Waals surface area contributed by atoms with Crippen LogP contribution in [-0.2, 0) is 6.42 Å². The number of nitrogens with zero attached hydrogens (tertiary/aromatic N) is 3. The Kier molecular flexibility index (Phi) is 4.59. The predicted molar refractivity (Wildman–Crippen MR) is 99.7 cm³/mol. The van der Waals surface area contributed by atoms with Crippen LogP contribution in [0.3, 0.4) is 0 Å². The van der Waals surface area contributed by atoms with Crippen molar-refractivity contribution in [3.8, 4) is 0 Å². The quantitative estimate of drug-likeness (QED) is 0.854. The molecule has 4 nitrogen and oxygen atoms in total. The lowest BCUT2D eigenvalue weighted by Gasteiger charge is -2.28. The summed E-state index contributed by atoms with van der Waals surface area (Å²) < 4.78 is 0. The van der Waals surface area contributed by atoms with Gasteiger partial charge in [-0.3, -0.25) is 4.79 Å². The average Bonchev–Trinajstić information content (AvgIpc) is 2.67. The minimum absolute atomic E-state index is 0.161. The number of aromatic nitrogens is 2. The van der Waals surface area contributed by atoms with Crippen LogP contribution >= 0.6 is 0 Å². The second-order valence-corrected chi connectivity index (χ2v) is 6.94. The van der Waals surface area contributed by atoms with Crippen LogP contribution in [0.1, 0.15) is 47.3 Å². The number of anilines is 1. The van der Waals surface area contributed by atoms with Gasteiger partial charge in [-0.25, -0.2) is 9.97 Å². The molecule has 25 heavy (non-hydrogen) atoms. The van der Waals surface area contributed by atoms with Crippen LogP contribution in [0, 0.1) is 5.92 Å². The molecule has 1 aliphatic heterocycles. The lowest BCUT2D eigenvalue weighted by molar-refractivity contribution is 0.0957. The van der Waals surface area contributed by atoms with Crippen molar-refractivity contribution in [2.45, 2.75) is 32.1 Å². The van der Waals surface area contributed by atoms with Crippen LogP contribution in [0.25, 0.3) is 6.08 Å². The maximum Gasteiger partial charge on any atom is 0.225 e. The lowest BCUT2D eigenvalue weighted by atomic mass is 9.86. The highest BCUT2D eigenvalue weighted by molar-refractivity contribution is 5.98. The standard InChI is InChI=1S/C21H23N3O/c25-20-14-17(10-9-16-7-3-1-4-8-16)13-19-18(20)15-22-21(23-19)24-11-5-2-6-12-24/h1,3-4,7-10,15,17H,2,5-6,11-14H2/b10-9+. The Hall–Kier alpha value is -2.49.